The third-order valence-corrected chi connectivity index (χ3v) is 1.10. The van der Waals surface area contributed by atoms with Gasteiger partial charge in [-0.05, 0) is 0 Å². The molecule has 0 bridgehead atoms. The summed E-state index contributed by atoms with van der Waals surface area (Å²) < 4.78 is 0.773. The molecule has 0 aliphatic rings. The van der Waals surface area contributed by atoms with E-state index in [1.807, 2.05) is 6.08 Å². The first kappa shape index (κ1) is 5.36. The third kappa shape index (κ3) is 4.36. The Labute approximate surface area is 42.9 Å². The summed E-state index contributed by atoms with van der Waals surface area (Å²) in [5, 5.41) is 0. The summed E-state index contributed by atoms with van der Waals surface area (Å²) in [4.78, 5) is 0. The average molecular weight is 120 g/mol. The first-order chi connectivity index (χ1) is 2.27. The molecule has 1 atom stereocenters. The summed E-state index contributed by atoms with van der Waals surface area (Å²) in [6.07, 6.45) is 1.97. The van der Waals surface area contributed by atoms with Crippen molar-refractivity contribution < 1.29 is 18.3 Å². The van der Waals surface area contributed by atoms with Gasteiger partial charge in [-0.2, -0.15) is 0 Å². The van der Waals surface area contributed by atoms with Crippen LogP contribution in [0.4, 0.5) is 0 Å². The minimum absolute atomic E-state index is 0.773. The normalized spacial score (nSPS) is 14.2. The molecule has 0 saturated carbocycles. The molecule has 5 heavy (non-hydrogen) atoms. The Morgan fingerprint density at radius 1 is 2.00 bits per heavy atom. The van der Waals surface area contributed by atoms with E-state index in [4.69, 9.17) is 0 Å². The summed E-state index contributed by atoms with van der Waals surface area (Å²) in [6.45, 7) is 5.75. The number of hydrogen-bond donors (Lipinski definition) is 0. The Morgan fingerprint density at radius 3 is 2.20 bits per heavy atom. The molecule has 0 heterocycles. The van der Waals surface area contributed by atoms with Crippen molar-refractivity contribution in [3.05, 3.63) is 12.7 Å². The van der Waals surface area contributed by atoms with Crippen LogP contribution in [0.25, 0.3) is 0 Å². The Kier molecular flexibility index (Phi) is 2.78. The van der Waals surface area contributed by atoms with Crippen LogP contribution in [0.15, 0.2) is 12.7 Å². The molecule has 0 fully saturated rings. The first-order valence-corrected chi connectivity index (χ1v) is 3.44. The molecule has 1 unspecified atom stereocenters. The maximum absolute atomic E-state index is 3.59. The minimum atomic E-state index is 0.773. The van der Waals surface area contributed by atoms with E-state index in [0.717, 1.165) is 4.51 Å². The van der Waals surface area contributed by atoms with Crippen LogP contribution < -0.4 is 0 Å². The van der Waals surface area contributed by atoms with Gasteiger partial charge in [0.1, 0.15) is 0 Å². The van der Waals surface area contributed by atoms with Crippen LogP contribution in [-0.2, 0) is 18.3 Å². The van der Waals surface area contributed by atoms with Gasteiger partial charge < -0.3 is 0 Å². The number of rotatable bonds is 1. The predicted molar refractivity (Wildman–Crippen MR) is 19.6 cm³/mol. The van der Waals surface area contributed by atoms with E-state index in [0.29, 0.717) is 0 Å². The Morgan fingerprint density at radius 2 is 2.20 bits per heavy atom. The Bertz CT molecular complexity index is 30.6. The van der Waals surface area contributed by atoms with Crippen LogP contribution in [0.5, 0.6) is 0 Å². The zero-order chi connectivity index (χ0) is 4.28. The molecular formula is C4H7Zn. The van der Waals surface area contributed by atoms with Crippen molar-refractivity contribution in [3.8, 4) is 0 Å². The SMILES string of the molecule is C=C[CH](C)[Zn]. The van der Waals surface area contributed by atoms with Gasteiger partial charge in [0.25, 0.3) is 0 Å². The van der Waals surface area contributed by atoms with Gasteiger partial charge >= 0.3 is 42.4 Å². The van der Waals surface area contributed by atoms with E-state index < -0.39 is 0 Å². The molecule has 25 valence electrons. The van der Waals surface area contributed by atoms with Gasteiger partial charge in [-0.3, -0.25) is 0 Å². The van der Waals surface area contributed by atoms with E-state index in [-0.39, 0.29) is 0 Å². The van der Waals surface area contributed by atoms with Crippen LogP contribution >= 0.6 is 0 Å². The molecule has 0 saturated heterocycles. The summed E-state index contributed by atoms with van der Waals surface area (Å²) in [6, 6.07) is 0. The molecule has 0 radical (unpaired) electrons. The monoisotopic (exact) mass is 119 g/mol. The summed E-state index contributed by atoms with van der Waals surface area (Å²) in [5.74, 6) is 0. The summed E-state index contributed by atoms with van der Waals surface area (Å²) in [7, 11) is 0. The molecule has 0 aliphatic carbocycles. The zero-order valence-electron chi connectivity index (χ0n) is 3.57. The molecule has 0 aromatic heterocycles. The standard InChI is InChI=1S/C4H7.Zn/c1-3-4-2;/h3-4H,1H2,2H3;. The second-order valence-corrected chi connectivity index (χ2v) is 3.92. The van der Waals surface area contributed by atoms with Crippen molar-refractivity contribution >= 4 is 0 Å². The van der Waals surface area contributed by atoms with Crippen LogP contribution in [0.2, 0.25) is 4.51 Å². The molecule has 0 N–H and O–H groups in total. The fourth-order valence-corrected chi connectivity index (χ4v) is 0. The van der Waals surface area contributed by atoms with Gasteiger partial charge in [0, 0.05) is 0 Å². The fraction of sp³-hybridized carbons (Fsp3) is 0.500. The van der Waals surface area contributed by atoms with Gasteiger partial charge in [-0.1, -0.05) is 0 Å². The van der Waals surface area contributed by atoms with Crippen molar-refractivity contribution in [2.24, 2.45) is 0 Å². The fourth-order valence-electron chi connectivity index (χ4n) is 0. The third-order valence-electron chi connectivity index (χ3n) is 0.402. The predicted octanol–water partition coefficient (Wildman–Crippen LogP) is 1.53. The van der Waals surface area contributed by atoms with E-state index in [1.54, 1.807) is 0 Å². The second kappa shape index (κ2) is 2.59. The Balaban J connectivity index is 2.83. The number of hydrogen-bond acceptors (Lipinski definition) is 0. The van der Waals surface area contributed by atoms with Crippen molar-refractivity contribution in [3.63, 3.8) is 0 Å². The first-order valence-electron chi connectivity index (χ1n) is 1.73. The van der Waals surface area contributed by atoms with Gasteiger partial charge in [0.2, 0.25) is 0 Å². The van der Waals surface area contributed by atoms with Crippen molar-refractivity contribution in [2.45, 2.75) is 11.4 Å². The summed E-state index contributed by atoms with van der Waals surface area (Å²) in [5.41, 5.74) is 0. The van der Waals surface area contributed by atoms with E-state index in [2.05, 4.69) is 13.5 Å². The number of allylic oxidation sites excluding steroid dienone is 1. The molecule has 0 rings (SSSR count). The molecule has 0 spiro atoms. The topological polar surface area (TPSA) is 0 Å². The quantitative estimate of drug-likeness (QED) is 0.364. The molecule has 1 heteroatoms. The van der Waals surface area contributed by atoms with E-state index >= 15 is 0 Å². The van der Waals surface area contributed by atoms with Crippen LogP contribution in [0.1, 0.15) is 6.92 Å². The van der Waals surface area contributed by atoms with E-state index in [1.165, 1.54) is 18.3 Å². The summed E-state index contributed by atoms with van der Waals surface area (Å²) >= 11 is 1.34. The van der Waals surface area contributed by atoms with E-state index in [9.17, 15) is 0 Å². The van der Waals surface area contributed by atoms with Crippen molar-refractivity contribution in [1.29, 1.82) is 0 Å². The Hall–Kier alpha value is 0.363. The second-order valence-electron chi connectivity index (χ2n) is 1.21. The van der Waals surface area contributed by atoms with Crippen molar-refractivity contribution in [1.82, 2.24) is 0 Å². The maximum atomic E-state index is 3.59. The van der Waals surface area contributed by atoms with Gasteiger partial charge in [-0.15, -0.1) is 0 Å². The molecule has 0 aromatic carbocycles. The van der Waals surface area contributed by atoms with Gasteiger partial charge in [-0.25, -0.2) is 0 Å². The van der Waals surface area contributed by atoms with Crippen LogP contribution in [-0.4, -0.2) is 0 Å². The van der Waals surface area contributed by atoms with Crippen molar-refractivity contribution in [2.75, 3.05) is 0 Å². The van der Waals surface area contributed by atoms with Crippen LogP contribution in [0.3, 0.4) is 0 Å². The molecular weight excluding hydrogens is 113 g/mol. The average Bonchev–Trinajstić information content (AvgIpc) is 1.38. The van der Waals surface area contributed by atoms with Crippen LogP contribution in [0, 0.1) is 0 Å². The molecule has 0 amide bonds. The molecule has 0 aliphatic heterocycles. The molecule has 0 aromatic rings. The zero-order valence-corrected chi connectivity index (χ0v) is 6.54. The van der Waals surface area contributed by atoms with Gasteiger partial charge in [0.15, 0.2) is 0 Å². The van der Waals surface area contributed by atoms with Gasteiger partial charge in [0.05, 0.1) is 0 Å². The molecule has 0 nitrogen and oxygen atoms in total.